The van der Waals surface area contributed by atoms with Crippen molar-refractivity contribution in [2.45, 2.75) is 13.8 Å². The number of fused-ring (bicyclic) bond motifs is 1. The van der Waals surface area contributed by atoms with E-state index in [1.54, 1.807) is 17.8 Å². The van der Waals surface area contributed by atoms with Crippen molar-refractivity contribution >= 4 is 61.7 Å². The fourth-order valence-electron chi connectivity index (χ4n) is 5.94. The van der Waals surface area contributed by atoms with Gasteiger partial charge in [-0.2, -0.15) is 0 Å². The molecular formula is C37H38N6O3S. The number of hydrogen-bond donors (Lipinski definition) is 3. The number of amides is 2. The second kappa shape index (κ2) is 13.7. The average Bonchev–Trinajstić information content (AvgIpc) is 3.53. The Morgan fingerprint density at radius 2 is 1.70 bits per heavy atom. The molecule has 1 saturated heterocycles. The van der Waals surface area contributed by atoms with E-state index in [1.807, 2.05) is 79.7 Å². The molecule has 3 aromatic carbocycles. The van der Waals surface area contributed by atoms with Crippen LogP contribution in [0.4, 0.5) is 28.4 Å². The van der Waals surface area contributed by atoms with Crippen LogP contribution in [-0.4, -0.2) is 54.0 Å². The molecule has 0 radical (unpaired) electrons. The number of aryl methyl sites for hydroxylation is 1. The summed E-state index contributed by atoms with van der Waals surface area (Å²) in [7, 11) is 1.72. The normalized spacial score (nSPS) is 13.4. The summed E-state index contributed by atoms with van der Waals surface area (Å²) in [5, 5.41) is 10.4. The molecule has 47 heavy (non-hydrogen) atoms. The Hall–Kier alpha value is -5.19. The molecule has 5 aromatic rings. The van der Waals surface area contributed by atoms with Crippen LogP contribution in [0.5, 0.6) is 0 Å². The lowest BCUT2D eigenvalue weighted by molar-refractivity contribution is -0.111. The molecule has 1 aliphatic rings. The zero-order valence-electron chi connectivity index (χ0n) is 26.8. The molecule has 10 heteroatoms. The summed E-state index contributed by atoms with van der Waals surface area (Å²) in [6, 6.07) is 23.2. The maximum Gasteiger partial charge on any atom is 0.274 e. The molecule has 2 aromatic heterocycles. The monoisotopic (exact) mass is 646 g/mol. The molecule has 0 saturated carbocycles. The number of thiophene rings is 1. The number of anilines is 5. The summed E-state index contributed by atoms with van der Waals surface area (Å²) >= 11 is 1.46. The van der Waals surface area contributed by atoms with Crippen LogP contribution in [0.3, 0.4) is 0 Å². The van der Waals surface area contributed by atoms with Crippen molar-refractivity contribution in [3.05, 3.63) is 112 Å². The average molecular weight is 647 g/mol. The number of pyridine rings is 1. The molecule has 1 aliphatic heterocycles. The van der Waals surface area contributed by atoms with Crippen molar-refractivity contribution in [1.29, 1.82) is 0 Å². The topological polar surface area (TPSA) is 98.7 Å². The van der Waals surface area contributed by atoms with Gasteiger partial charge in [-0.3, -0.25) is 14.4 Å². The Balaban J connectivity index is 1.28. The molecule has 3 N–H and O–H groups in total. The number of carbonyl (C=O) groups excluding carboxylic acids is 2. The Morgan fingerprint density at radius 1 is 0.915 bits per heavy atom. The van der Waals surface area contributed by atoms with E-state index in [2.05, 4.69) is 39.3 Å². The van der Waals surface area contributed by atoms with E-state index in [0.717, 1.165) is 65.2 Å². The highest BCUT2D eigenvalue weighted by molar-refractivity contribution is 7.20. The quantitative estimate of drug-likeness (QED) is 0.152. The van der Waals surface area contributed by atoms with E-state index in [9.17, 15) is 14.4 Å². The minimum atomic E-state index is -0.302. The van der Waals surface area contributed by atoms with Crippen molar-refractivity contribution in [1.82, 2.24) is 9.47 Å². The van der Waals surface area contributed by atoms with Crippen molar-refractivity contribution in [3.63, 3.8) is 0 Å². The van der Waals surface area contributed by atoms with Gasteiger partial charge in [-0.15, -0.1) is 11.3 Å². The predicted molar refractivity (Wildman–Crippen MR) is 195 cm³/mol. The van der Waals surface area contributed by atoms with Gasteiger partial charge < -0.3 is 30.3 Å². The zero-order valence-corrected chi connectivity index (χ0v) is 27.6. The number of nitrogens with one attached hydrogen (secondary N) is 3. The van der Waals surface area contributed by atoms with Crippen LogP contribution in [0.2, 0.25) is 0 Å². The van der Waals surface area contributed by atoms with E-state index in [-0.39, 0.29) is 17.4 Å². The summed E-state index contributed by atoms with van der Waals surface area (Å²) in [5.74, 6) is -0.465. The summed E-state index contributed by atoms with van der Waals surface area (Å²) in [4.78, 5) is 44.2. The Labute approximate surface area is 278 Å². The van der Waals surface area contributed by atoms with Crippen LogP contribution in [0.1, 0.15) is 22.2 Å². The molecule has 9 nitrogen and oxygen atoms in total. The van der Waals surface area contributed by atoms with Crippen molar-refractivity contribution in [2.75, 3.05) is 53.6 Å². The first-order chi connectivity index (χ1) is 22.7. The zero-order chi connectivity index (χ0) is 33.1. The van der Waals surface area contributed by atoms with Gasteiger partial charge in [0.05, 0.1) is 16.3 Å². The molecule has 6 rings (SSSR count). The van der Waals surface area contributed by atoms with Gasteiger partial charge in [-0.25, -0.2) is 0 Å². The van der Waals surface area contributed by atoms with Crippen molar-refractivity contribution in [3.8, 4) is 11.1 Å². The minimum Gasteiger partial charge on any atom is -0.367 e. The Morgan fingerprint density at radius 3 is 2.45 bits per heavy atom. The number of hydrogen-bond acceptors (Lipinski definition) is 7. The van der Waals surface area contributed by atoms with Crippen LogP contribution < -0.4 is 26.4 Å². The third-order valence-corrected chi connectivity index (χ3v) is 9.72. The summed E-state index contributed by atoms with van der Waals surface area (Å²) < 4.78 is 2.61. The molecule has 0 atom stereocenters. The van der Waals surface area contributed by atoms with E-state index < -0.39 is 0 Å². The maximum absolute atomic E-state index is 13.3. The molecule has 0 spiro atoms. The van der Waals surface area contributed by atoms with Gasteiger partial charge in [0.15, 0.2) is 0 Å². The summed E-state index contributed by atoms with van der Waals surface area (Å²) in [6.07, 6.45) is 3.04. The smallest absolute Gasteiger partial charge is 0.274 e. The van der Waals surface area contributed by atoms with Crippen molar-refractivity contribution in [2.24, 2.45) is 7.05 Å². The lowest BCUT2D eigenvalue weighted by atomic mass is 10.00. The van der Waals surface area contributed by atoms with Gasteiger partial charge in [0.2, 0.25) is 5.91 Å². The number of benzene rings is 3. The molecule has 0 unspecified atom stereocenters. The number of rotatable bonds is 9. The standard InChI is InChI=1S/C37H38N6O3S/c1-5-35(44)39-30-22-27(14-15-32(30)43-18-16-42(6-2)17-19-43)38-31-20-26(23-41(4)37(31)46)28-11-9-12-29(24(28)3)40-36(45)34-21-25-10-7-8-13-33(25)47-34/h5,7-15,20-23,38H,1,6,16-19H2,2-4H3,(H,39,44)(H,40,45). The molecule has 3 heterocycles. The number of carbonyl (C=O) groups is 2. The molecule has 0 aliphatic carbocycles. The van der Waals surface area contributed by atoms with Gasteiger partial charge >= 0.3 is 0 Å². The number of piperazine rings is 1. The van der Waals surface area contributed by atoms with Crippen LogP contribution in [0.25, 0.3) is 21.2 Å². The van der Waals surface area contributed by atoms with Crippen LogP contribution in [0.15, 0.2) is 96.4 Å². The van der Waals surface area contributed by atoms with Crippen LogP contribution >= 0.6 is 11.3 Å². The fraction of sp³-hybridized carbons (Fsp3) is 0.216. The molecular weight excluding hydrogens is 609 g/mol. The SMILES string of the molecule is C=CC(=O)Nc1cc(Nc2cc(-c3cccc(NC(=O)c4cc5ccccc5s4)c3C)cn(C)c2=O)ccc1N1CCN(CC)CC1. The van der Waals surface area contributed by atoms with Gasteiger partial charge in [0.1, 0.15) is 5.69 Å². The van der Waals surface area contributed by atoms with Gasteiger partial charge in [-0.1, -0.05) is 43.8 Å². The molecule has 0 bridgehead atoms. The number of likely N-dealkylation sites (N-methyl/N-ethyl adjacent to an activating group) is 1. The first-order valence-electron chi connectivity index (χ1n) is 15.7. The first-order valence-corrected chi connectivity index (χ1v) is 16.5. The maximum atomic E-state index is 13.3. The number of aromatic nitrogens is 1. The number of nitrogens with zero attached hydrogens (tertiary/aromatic N) is 3. The van der Waals surface area contributed by atoms with Gasteiger partial charge in [0, 0.05) is 61.1 Å². The third-order valence-electron chi connectivity index (χ3n) is 8.60. The van der Waals surface area contributed by atoms with Crippen LogP contribution in [-0.2, 0) is 11.8 Å². The lowest BCUT2D eigenvalue weighted by Crippen LogP contribution is -2.46. The Bertz CT molecular complexity index is 2010. The third kappa shape index (κ3) is 6.84. The summed E-state index contributed by atoms with van der Waals surface area (Å²) in [6.45, 7) is 12.3. The second-order valence-electron chi connectivity index (χ2n) is 11.6. The van der Waals surface area contributed by atoms with Gasteiger partial charge in [0.25, 0.3) is 11.5 Å². The lowest BCUT2D eigenvalue weighted by Gasteiger charge is -2.36. The highest BCUT2D eigenvalue weighted by atomic mass is 32.1. The Kier molecular flexibility index (Phi) is 9.24. The predicted octanol–water partition coefficient (Wildman–Crippen LogP) is 6.84. The van der Waals surface area contributed by atoms with E-state index in [1.165, 1.54) is 17.4 Å². The van der Waals surface area contributed by atoms with Crippen LogP contribution in [0, 0.1) is 6.92 Å². The largest absolute Gasteiger partial charge is 0.367 e. The van der Waals surface area contributed by atoms with Crippen molar-refractivity contribution < 1.29 is 9.59 Å². The second-order valence-corrected chi connectivity index (χ2v) is 12.7. The van der Waals surface area contributed by atoms with Gasteiger partial charge in [-0.05, 0) is 78.5 Å². The fourth-order valence-corrected chi connectivity index (χ4v) is 6.90. The highest BCUT2D eigenvalue weighted by Crippen LogP contribution is 2.34. The molecule has 240 valence electrons. The van der Waals surface area contributed by atoms with E-state index in [4.69, 9.17) is 0 Å². The van der Waals surface area contributed by atoms with E-state index in [0.29, 0.717) is 27.6 Å². The first kappa shape index (κ1) is 31.8. The highest BCUT2D eigenvalue weighted by Gasteiger charge is 2.20. The molecule has 2 amide bonds. The molecule has 1 fully saturated rings. The minimum absolute atomic E-state index is 0.163. The summed E-state index contributed by atoms with van der Waals surface area (Å²) in [5.41, 5.74) is 5.71. The van der Waals surface area contributed by atoms with E-state index >= 15 is 0 Å².